The summed E-state index contributed by atoms with van der Waals surface area (Å²) in [6.07, 6.45) is -0.0993. The number of fused-ring (bicyclic) bond motifs is 1. The van der Waals surface area contributed by atoms with Crippen LogP contribution in [0.4, 0.5) is 0 Å². The molecule has 3 rings (SSSR count). The summed E-state index contributed by atoms with van der Waals surface area (Å²) in [5.74, 6) is 0.914. The van der Waals surface area contributed by atoms with Gasteiger partial charge < -0.3 is 19.7 Å². The molecule has 1 aliphatic heterocycles. The molecule has 1 saturated heterocycles. The van der Waals surface area contributed by atoms with E-state index < -0.39 is 0 Å². The fraction of sp³-hybridized carbons (Fsp3) is 0.421. The molecule has 0 aliphatic carbocycles. The third-order valence-corrected chi connectivity index (χ3v) is 4.49. The summed E-state index contributed by atoms with van der Waals surface area (Å²) in [7, 11) is 3.50. The topological polar surface area (TPSA) is 50.8 Å². The van der Waals surface area contributed by atoms with E-state index in [1.165, 1.54) is 0 Å². The van der Waals surface area contributed by atoms with Gasteiger partial charge in [0, 0.05) is 20.1 Å². The summed E-state index contributed by atoms with van der Waals surface area (Å²) in [5, 5.41) is 5.52. The number of hydrogen-bond acceptors (Lipinski definition) is 4. The molecule has 5 nitrogen and oxygen atoms in total. The van der Waals surface area contributed by atoms with Crippen LogP contribution >= 0.6 is 0 Å². The van der Waals surface area contributed by atoms with Gasteiger partial charge in [-0.2, -0.15) is 0 Å². The SMILES string of the molecule is COc1ccc2cc(CN(C)C(=O)[C@H]3NCCO[C@@H]3C)ccc2c1. The molecule has 1 fully saturated rings. The molecule has 0 radical (unpaired) electrons. The lowest BCUT2D eigenvalue weighted by atomic mass is 10.1. The van der Waals surface area contributed by atoms with Gasteiger partial charge >= 0.3 is 0 Å². The molecular formula is C19H24N2O3. The zero-order valence-corrected chi connectivity index (χ0v) is 14.4. The summed E-state index contributed by atoms with van der Waals surface area (Å²) in [6, 6.07) is 12.0. The second-order valence-corrected chi connectivity index (χ2v) is 6.25. The summed E-state index contributed by atoms with van der Waals surface area (Å²) in [5.41, 5.74) is 1.10. The average Bonchev–Trinajstić information content (AvgIpc) is 2.61. The highest BCUT2D eigenvalue weighted by molar-refractivity contribution is 5.85. The quantitative estimate of drug-likeness (QED) is 0.935. The van der Waals surface area contributed by atoms with Crippen molar-refractivity contribution in [2.75, 3.05) is 27.3 Å². The van der Waals surface area contributed by atoms with E-state index in [1.807, 2.05) is 32.2 Å². The zero-order chi connectivity index (χ0) is 17.1. The van der Waals surface area contributed by atoms with Crippen molar-refractivity contribution in [1.29, 1.82) is 0 Å². The molecule has 128 valence electrons. The molecule has 0 unspecified atom stereocenters. The first-order valence-corrected chi connectivity index (χ1v) is 8.25. The van der Waals surface area contributed by atoms with Crippen LogP contribution in [0.15, 0.2) is 36.4 Å². The van der Waals surface area contributed by atoms with Gasteiger partial charge in [0.2, 0.25) is 5.91 Å². The van der Waals surface area contributed by atoms with Gasteiger partial charge in [-0.15, -0.1) is 0 Å². The fourth-order valence-corrected chi connectivity index (χ4v) is 3.10. The summed E-state index contributed by atoms with van der Waals surface area (Å²) >= 11 is 0. The van der Waals surface area contributed by atoms with Crippen LogP contribution in [0.3, 0.4) is 0 Å². The van der Waals surface area contributed by atoms with Gasteiger partial charge in [0.25, 0.3) is 0 Å². The predicted octanol–water partition coefficient (Wildman–Crippen LogP) is 2.18. The molecule has 1 aliphatic rings. The minimum atomic E-state index is -0.270. The molecule has 1 N–H and O–H groups in total. The lowest BCUT2D eigenvalue weighted by Gasteiger charge is -2.32. The molecule has 0 spiro atoms. The van der Waals surface area contributed by atoms with E-state index in [-0.39, 0.29) is 18.1 Å². The van der Waals surface area contributed by atoms with Crippen molar-refractivity contribution in [2.24, 2.45) is 0 Å². The van der Waals surface area contributed by atoms with Crippen LogP contribution in [0.5, 0.6) is 5.75 Å². The van der Waals surface area contributed by atoms with Crippen molar-refractivity contribution in [2.45, 2.75) is 25.6 Å². The monoisotopic (exact) mass is 328 g/mol. The minimum Gasteiger partial charge on any atom is -0.497 e. The van der Waals surface area contributed by atoms with E-state index in [9.17, 15) is 4.79 Å². The van der Waals surface area contributed by atoms with E-state index in [2.05, 4.69) is 23.5 Å². The van der Waals surface area contributed by atoms with E-state index in [0.29, 0.717) is 19.7 Å². The Morgan fingerprint density at radius 2 is 2.04 bits per heavy atom. The molecule has 0 bridgehead atoms. The van der Waals surface area contributed by atoms with E-state index in [0.717, 1.165) is 22.1 Å². The second kappa shape index (κ2) is 7.20. The van der Waals surface area contributed by atoms with Crippen molar-refractivity contribution in [3.63, 3.8) is 0 Å². The highest BCUT2D eigenvalue weighted by Crippen LogP contribution is 2.22. The fourth-order valence-electron chi connectivity index (χ4n) is 3.10. The first-order chi connectivity index (χ1) is 11.6. The molecule has 1 heterocycles. The number of morpholine rings is 1. The molecule has 2 aromatic carbocycles. The van der Waals surface area contributed by atoms with E-state index in [4.69, 9.17) is 9.47 Å². The van der Waals surface area contributed by atoms with Gasteiger partial charge in [0.1, 0.15) is 11.8 Å². The maximum absolute atomic E-state index is 12.6. The Hall–Kier alpha value is -2.11. The van der Waals surface area contributed by atoms with Crippen LogP contribution in [-0.4, -0.2) is 50.3 Å². The molecule has 0 aromatic heterocycles. The molecule has 2 aromatic rings. The second-order valence-electron chi connectivity index (χ2n) is 6.25. The number of carbonyl (C=O) groups is 1. The van der Waals surface area contributed by atoms with Crippen molar-refractivity contribution in [1.82, 2.24) is 10.2 Å². The van der Waals surface area contributed by atoms with Gasteiger partial charge in [-0.1, -0.05) is 18.2 Å². The molecule has 2 atom stereocenters. The molecule has 1 amide bonds. The van der Waals surface area contributed by atoms with Gasteiger partial charge in [0.15, 0.2) is 0 Å². The summed E-state index contributed by atoms with van der Waals surface area (Å²) in [6.45, 7) is 3.88. The Kier molecular flexibility index (Phi) is 5.02. The Morgan fingerprint density at radius 1 is 1.29 bits per heavy atom. The van der Waals surface area contributed by atoms with E-state index in [1.54, 1.807) is 12.0 Å². The lowest BCUT2D eigenvalue weighted by Crippen LogP contribution is -2.55. The summed E-state index contributed by atoms with van der Waals surface area (Å²) in [4.78, 5) is 14.4. The smallest absolute Gasteiger partial charge is 0.242 e. The number of carbonyl (C=O) groups excluding carboxylic acids is 1. The molecular weight excluding hydrogens is 304 g/mol. The standard InChI is InChI=1S/C19H24N2O3/c1-13-18(20-8-9-24-13)19(22)21(2)12-14-4-5-16-11-17(23-3)7-6-15(16)10-14/h4-7,10-11,13,18,20H,8-9,12H2,1-3H3/t13-,18+/m1/s1. The zero-order valence-electron chi connectivity index (χ0n) is 14.4. The van der Waals surface area contributed by atoms with E-state index >= 15 is 0 Å². The van der Waals surface area contributed by atoms with Gasteiger partial charge in [-0.25, -0.2) is 0 Å². The number of amides is 1. The highest BCUT2D eigenvalue weighted by Gasteiger charge is 2.30. The normalized spacial score (nSPS) is 20.8. The maximum Gasteiger partial charge on any atom is 0.242 e. The van der Waals surface area contributed by atoms with Crippen LogP contribution in [0, 0.1) is 0 Å². The number of methoxy groups -OCH3 is 1. The molecule has 24 heavy (non-hydrogen) atoms. The maximum atomic E-state index is 12.6. The molecule has 0 saturated carbocycles. The van der Waals surface area contributed by atoms with Gasteiger partial charge in [-0.05, 0) is 41.5 Å². The minimum absolute atomic E-state index is 0.0667. The van der Waals surface area contributed by atoms with Gasteiger partial charge in [-0.3, -0.25) is 4.79 Å². The van der Waals surface area contributed by atoms with Crippen molar-refractivity contribution >= 4 is 16.7 Å². The average molecular weight is 328 g/mol. The van der Waals surface area contributed by atoms with Crippen molar-refractivity contribution in [3.05, 3.63) is 42.0 Å². The number of hydrogen-bond donors (Lipinski definition) is 1. The Balaban J connectivity index is 1.72. The van der Waals surface area contributed by atoms with Crippen LogP contribution < -0.4 is 10.1 Å². The van der Waals surface area contributed by atoms with Crippen LogP contribution in [0.2, 0.25) is 0 Å². The predicted molar refractivity (Wildman–Crippen MR) is 94.2 cm³/mol. The third-order valence-electron chi connectivity index (χ3n) is 4.49. The number of ether oxygens (including phenoxy) is 2. The Labute approximate surface area is 142 Å². The Bertz CT molecular complexity index is 732. The number of nitrogens with one attached hydrogen (secondary N) is 1. The largest absolute Gasteiger partial charge is 0.497 e. The van der Waals surface area contributed by atoms with Crippen LogP contribution in [0.1, 0.15) is 12.5 Å². The number of nitrogens with zero attached hydrogens (tertiary/aromatic N) is 1. The van der Waals surface area contributed by atoms with Crippen molar-refractivity contribution in [3.8, 4) is 5.75 Å². The first kappa shape index (κ1) is 16.7. The third kappa shape index (κ3) is 3.52. The summed E-state index contributed by atoms with van der Waals surface area (Å²) < 4.78 is 10.8. The number of likely N-dealkylation sites (N-methyl/N-ethyl adjacent to an activating group) is 1. The van der Waals surface area contributed by atoms with Gasteiger partial charge in [0.05, 0.1) is 19.8 Å². The first-order valence-electron chi connectivity index (χ1n) is 8.25. The van der Waals surface area contributed by atoms with Crippen molar-refractivity contribution < 1.29 is 14.3 Å². The molecule has 5 heteroatoms. The number of benzene rings is 2. The Morgan fingerprint density at radius 3 is 2.79 bits per heavy atom. The lowest BCUT2D eigenvalue weighted by molar-refractivity contribution is -0.138. The van der Waals surface area contributed by atoms with Crippen LogP contribution in [0.25, 0.3) is 10.8 Å². The highest BCUT2D eigenvalue weighted by atomic mass is 16.5. The van der Waals surface area contributed by atoms with Crippen LogP contribution in [-0.2, 0) is 16.1 Å². The number of rotatable bonds is 4.